The van der Waals surface area contributed by atoms with E-state index in [2.05, 4.69) is 10.7 Å². The van der Waals surface area contributed by atoms with Gasteiger partial charge in [-0.1, -0.05) is 13.0 Å². The SMILES string of the molecule is CCC(N)=O.c1ccncc1. The number of nitrogens with zero attached hydrogens (tertiary/aromatic N) is 1. The second kappa shape index (κ2) is 6.74. The third-order valence-electron chi connectivity index (χ3n) is 0.915. The fraction of sp³-hybridized carbons (Fsp3) is 0.250. The number of carbonyl (C=O) groups is 1. The molecule has 0 aliphatic carbocycles. The van der Waals surface area contributed by atoms with Crippen LogP contribution < -0.4 is 5.73 Å². The molecular weight excluding hydrogens is 140 g/mol. The van der Waals surface area contributed by atoms with Crippen molar-refractivity contribution in [3.63, 3.8) is 0 Å². The second-order valence-corrected chi connectivity index (χ2v) is 1.84. The molecule has 0 fully saturated rings. The summed E-state index contributed by atoms with van der Waals surface area (Å²) < 4.78 is 0. The molecule has 1 aromatic heterocycles. The van der Waals surface area contributed by atoms with Crippen molar-refractivity contribution in [1.82, 2.24) is 4.98 Å². The van der Waals surface area contributed by atoms with Gasteiger partial charge in [-0.25, -0.2) is 0 Å². The monoisotopic (exact) mass is 152 g/mol. The van der Waals surface area contributed by atoms with Gasteiger partial charge in [0.05, 0.1) is 0 Å². The van der Waals surface area contributed by atoms with E-state index in [1.165, 1.54) is 0 Å². The highest BCUT2D eigenvalue weighted by Gasteiger charge is 1.77. The molecule has 1 amide bonds. The summed E-state index contributed by atoms with van der Waals surface area (Å²) in [5.41, 5.74) is 4.65. The molecule has 3 nitrogen and oxygen atoms in total. The summed E-state index contributed by atoms with van der Waals surface area (Å²) in [5.74, 6) is -0.245. The molecule has 60 valence electrons. The summed E-state index contributed by atoms with van der Waals surface area (Å²) >= 11 is 0. The summed E-state index contributed by atoms with van der Waals surface area (Å²) in [6.07, 6.45) is 3.94. The molecular formula is C8H12N2O. The predicted molar refractivity (Wildman–Crippen MR) is 43.7 cm³/mol. The van der Waals surface area contributed by atoms with E-state index >= 15 is 0 Å². The van der Waals surface area contributed by atoms with E-state index < -0.39 is 0 Å². The van der Waals surface area contributed by atoms with E-state index in [9.17, 15) is 4.79 Å². The Bertz CT molecular complexity index is 160. The Morgan fingerprint density at radius 1 is 1.36 bits per heavy atom. The summed E-state index contributed by atoms with van der Waals surface area (Å²) in [5, 5.41) is 0. The Balaban J connectivity index is 0.000000187. The second-order valence-electron chi connectivity index (χ2n) is 1.84. The quantitative estimate of drug-likeness (QED) is 0.651. The van der Waals surface area contributed by atoms with Crippen molar-refractivity contribution in [3.8, 4) is 0 Å². The maximum atomic E-state index is 9.59. The molecule has 0 saturated carbocycles. The highest BCUT2D eigenvalue weighted by Crippen LogP contribution is 1.73. The van der Waals surface area contributed by atoms with Crippen LogP contribution in [-0.4, -0.2) is 10.9 Å². The molecule has 0 saturated heterocycles. The van der Waals surface area contributed by atoms with E-state index in [-0.39, 0.29) is 5.91 Å². The Morgan fingerprint density at radius 2 is 1.82 bits per heavy atom. The third-order valence-corrected chi connectivity index (χ3v) is 0.915. The van der Waals surface area contributed by atoms with Crippen molar-refractivity contribution >= 4 is 5.91 Å². The number of hydrogen-bond donors (Lipinski definition) is 1. The van der Waals surface area contributed by atoms with Gasteiger partial charge < -0.3 is 5.73 Å². The maximum Gasteiger partial charge on any atom is 0.217 e. The Kier molecular flexibility index (Phi) is 5.89. The Hall–Kier alpha value is -1.38. The van der Waals surface area contributed by atoms with Crippen LogP contribution in [0.4, 0.5) is 0 Å². The van der Waals surface area contributed by atoms with Crippen LogP contribution in [0.1, 0.15) is 13.3 Å². The van der Waals surface area contributed by atoms with Crippen LogP contribution in [0.3, 0.4) is 0 Å². The first kappa shape index (κ1) is 9.62. The van der Waals surface area contributed by atoms with Crippen molar-refractivity contribution in [3.05, 3.63) is 30.6 Å². The Morgan fingerprint density at radius 3 is 1.91 bits per heavy atom. The first-order chi connectivity index (χ1) is 5.27. The van der Waals surface area contributed by atoms with Crippen LogP contribution in [0.25, 0.3) is 0 Å². The van der Waals surface area contributed by atoms with Gasteiger partial charge in [0, 0.05) is 18.8 Å². The maximum absolute atomic E-state index is 9.59. The van der Waals surface area contributed by atoms with Gasteiger partial charge in [-0.3, -0.25) is 9.78 Å². The molecule has 11 heavy (non-hydrogen) atoms. The van der Waals surface area contributed by atoms with Gasteiger partial charge in [-0.15, -0.1) is 0 Å². The van der Waals surface area contributed by atoms with Crippen molar-refractivity contribution in [1.29, 1.82) is 0 Å². The van der Waals surface area contributed by atoms with Crippen LogP contribution >= 0.6 is 0 Å². The number of carbonyl (C=O) groups excluding carboxylic acids is 1. The molecule has 3 heteroatoms. The van der Waals surface area contributed by atoms with Crippen LogP contribution in [-0.2, 0) is 4.79 Å². The van der Waals surface area contributed by atoms with E-state index in [0.717, 1.165) is 0 Å². The van der Waals surface area contributed by atoms with Gasteiger partial charge >= 0.3 is 0 Å². The van der Waals surface area contributed by atoms with Crippen LogP contribution in [0.15, 0.2) is 30.6 Å². The number of pyridine rings is 1. The average molecular weight is 152 g/mol. The van der Waals surface area contributed by atoms with Gasteiger partial charge in [0.15, 0.2) is 0 Å². The molecule has 0 aliphatic heterocycles. The molecule has 0 radical (unpaired) electrons. The van der Waals surface area contributed by atoms with Crippen LogP contribution in [0.5, 0.6) is 0 Å². The topological polar surface area (TPSA) is 56.0 Å². The fourth-order valence-electron chi connectivity index (χ4n) is 0.313. The van der Waals surface area contributed by atoms with E-state index in [1.807, 2.05) is 18.2 Å². The minimum Gasteiger partial charge on any atom is -0.370 e. The molecule has 1 heterocycles. The lowest BCUT2D eigenvalue weighted by molar-refractivity contribution is -0.117. The number of aromatic nitrogens is 1. The number of rotatable bonds is 1. The zero-order valence-electron chi connectivity index (χ0n) is 6.53. The predicted octanol–water partition coefficient (Wildman–Crippen LogP) is 0.963. The smallest absolute Gasteiger partial charge is 0.217 e. The number of nitrogens with two attached hydrogens (primary N) is 1. The molecule has 1 rings (SSSR count). The van der Waals surface area contributed by atoms with E-state index in [4.69, 9.17) is 0 Å². The van der Waals surface area contributed by atoms with Gasteiger partial charge in [-0.2, -0.15) is 0 Å². The zero-order chi connectivity index (χ0) is 8.53. The number of amides is 1. The van der Waals surface area contributed by atoms with Crippen molar-refractivity contribution < 1.29 is 4.79 Å². The molecule has 0 aliphatic rings. The molecule has 1 aromatic rings. The summed E-state index contributed by atoms with van der Waals surface area (Å²) in [6, 6.07) is 5.72. The van der Waals surface area contributed by atoms with Gasteiger partial charge in [0.2, 0.25) is 5.91 Å². The average Bonchev–Trinajstić information content (AvgIpc) is 2.09. The van der Waals surface area contributed by atoms with Gasteiger partial charge in [0.25, 0.3) is 0 Å². The summed E-state index contributed by atoms with van der Waals surface area (Å²) in [7, 11) is 0. The van der Waals surface area contributed by atoms with Crippen molar-refractivity contribution in [2.75, 3.05) is 0 Å². The lowest BCUT2D eigenvalue weighted by atomic mass is 10.5. The molecule has 0 spiro atoms. The first-order valence-corrected chi connectivity index (χ1v) is 3.40. The first-order valence-electron chi connectivity index (χ1n) is 3.40. The third kappa shape index (κ3) is 8.62. The molecule has 0 aromatic carbocycles. The van der Waals surface area contributed by atoms with Gasteiger partial charge in [0.1, 0.15) is 0 Å². The number of hydrogen-bond acceptors (Lipinski definition) is 2. The highest BCUT2D eigenvalue weighted by molar-refractivity contribution is 5.73. The van der Waals surface area contributed by atoms with Crippen LogP contribution in [0.2, 0.25) is 0 Å². The fourth-order valence-corrected chi connectivity index (χ4v) is 0.313. The lowest BCUT2D eigenvalue weighted by Gasteiger charge is -1.73. The molecule has 0 bridgehead atoms. The number of primary amides is 1. The van der Waals surface area contributed by atoms with Crippen molar-refractivity contribution in [2.24, 2.45) is 5.73 Å². The minimum atomic E-state index is -0.245. The largest absolute Gasteiger partial charge is 0.370 e. The van der Waals surface area contributed by atoms with Gasteiger partial charge in [-0.05, 0) is 12.1 Å². The highest BCUT2D eigenvalue weighted by atomic mass is 16.1. The van der Waals surface area contributed by atoms with Crippen molar-refractivity contribution in [2.45, 2.75) is 13.3 Å². The molecule has 0 unspecified atom stereocenters. The van der Waals surface area contributed by atoms with E-state index in [1.54, 1.807) is 19.3 Å². The Labute approximate surface area is 66.3 Å². The lowest BCUT2D eigenvalue weighted by Crippen LogP contribution is -2.06. The summed E-state index contributed by atoms with van der Waals surface area (Å²) in [4.78, 5) is 13.4. The van der Waals surface area contributed by atoms with E-state index in [0.29, 0.717) is 6.42 Å². The van der Waals surface area contributed by atoms with Crippen LogP contribution in [0, 0.1) is 0 Å². The summed E-state index contributed by atoms with van der Waals surface area (Å²) in [6.45, 7) is 1.72. The minimum absolute atomic E-state index is 0.245. The normalized spacial score (nSPS) is 7.73. The molecule has 0 atom stereocenters. The molecule has 2 N–H and O–H groups in total. The standard InChI is InChI=1S/C5H5N.C3H7NO/c1-2-4-6-5-3-1;1-2-3(4)5/h1-5H;2H2,1H3,(H2,4,5). The zero-order valence-corrected chi connectivity index (χ0v) is 6.53.